The van der Waals surface area contributed by atoms with Gasteiger partial charge in [-0.2, -0.15) is 0 Å². The molecule has 0 heterocycles. The molecule has 0 bridgehead atoms. The van der Waals surface area contributed by atoms with E-state index >= 15 is 0 Å². The molecule has 2 nitrogen and oxygen atoms in total. The second kappa shape index (κ2) is 6.94. The van der Waals surface area contributed by atoms with Gasteiger partial charge in [-0.3, -0.25) is 0 Å². The summed E-state index contributed by atoms with van der Waals surface area (Å²) in [6.07, 6.45) is 7.03. The fraction of sp³-hybridized carbons (Fsp3) is 0.818. The fourth-order valence-electron chi connectivity index (χ4n) is 0.870. The number of ether oxygens (including phenoxy) is 1. The first-order valence-electron chi connectivity index (χ1n) is 4.84. The molecule has 0 aromatic heterocycles. The van der Waals surface area contributed by atoms with Crippen LogP contribution >= 0.6 is 0 Å². The third-order valence-corrected chi connectivity index (χ3v) is 1.49. The summed E-state index contributed by atoms with van der Waals surface area (Å²) in [5.41, 5.74) is -0.0273. The van der Waals surface area contributed by atoms with Gasteiger partial charge >= 0.3 is 0 Å². The minimum Gasteiger partial charge on any atom is -0.375 e. The van der Waals surface area contributed by atoms with Crippen molar-refractivity contribution in [1.82, 2.24) is 5.32 Å². The van der Waals surface area contributed by atoms with Gasteiger partial charge in [-0.05, 0) is 33.7 Å². The third kappa shape index (κ3) is 11.5. The van der Waals surface area contributed by atoms with E-state index in [2.05, 4.69) is 32.0 Å². The van der Waals surface area contributed by atoms with Crippen molar-refractivity contribution in [3.05, 3.63) is 0 Å². The van der Waals surface area contributed by atoms with E-state index in [0.717, 1.165) is 32.5 Å². The van der Waals surface area contributed by atoms with Crippen molar-refractivity contribution in [3.63, 3.8) is 0 Å². The Kier molecular flexibility index (Phi) is 6.66. The highest BCUT2D eigenvalue weighted by atomic mass is 16.5. The quantitative estimate of drug-likeness (QED) is 0.501. The molecule has 0 radical (unpaired) electrons. The Morgan fingerprint density at radius 3 is 2.54 bits per heavy atom. The summed E-state index contributed by atoms with van der Waals surface area (Å²) in [7, 11) is 0. The molecule has 76 valence electrons. The van der Waals surface area contributed by atoms with E-state index in [-0.39, 0.29) is 5.60 Å². The third-order valence-electron chi connectivity index (χ3n) is 1.49. The second-order valence-electron chi connectivity index (χ2n) is 4.02. The SMILES string of the molecule is C#CCCCNCCOC(C)(C)C. The van der Waals surface area contributed by atoms with Crippen LogP contribution in [0, 0.1) is 12.3 Å². The maximum Gasteiger partial charge on any atom is 0.0599 e. The zero-order valence-corrected chi connectivity index (χ0v) is 9.02. The Morgan fingerprint density at radius 2 is 2.00 bits per heavy atom. The molecule has 0 spiro atoms. The lowest BCUT2D eigenvalue weighted by Gasteiger charge is -2.19. The van der Waals surface area contributed by atoms with E-state index in [1.807, 2.05) is 0 Å². The predicted octanol–water partition coefficient (Wildman–Crippen LogP) is 1.80. The average molecular weight is 183 g/mol. The molecule has 2 heteroatoms. The largest absolute Gasteiger partial charge is 0.375 e. The Bertz CT molecular complexity index is 152. The van der Waals surface area contributed by atoms with Gasteiger partial charge in [0, 0.05) is 13.0 Å². The van der Waals surface area contributed by atoms with Crippen LogP contribution in [-0.4, -0.2) is 25.3 Å². The number of rotatable bonds is 6. The van der Waals surface area contributed by atoms with E-state index in [4.69, 9.17) is 11.2 Å². The monoisotopic (exact) mass is 183 g/mol. The Balaban J connectivity index is 3.05. The molecular weight excluding hydrogens is 162 g/mol. The average Bonchev–Trinajstić information content (AvgIpc) is 2.01. The molecule has 0 aromatic carbocycles. The Morgan fingerprint density at radius 1 is 1.31 bits per heavy atom. The molecule has 0 rings (SSSR count). The number of terminal acetylenes is 1. The van der Waals surface area contributed by atoms with Gasteiger partial charge < -0.3 is 10.1 Å². The van der Waals surface area contributed by atoms with Crippen LogP contribution in [0.15, 0.2) is 0 Å². The van der Waals surface area contributed by atoms with Crippen molar-refractivity contribution >= 4 is 0 Å². The van der Waals surface area contributed by atoms with Crippen LogP contribution in [0.1, 0.15) is 33.6 Å². The summed E-state index contributed by atoms with van der Waals surface area (Å²) in [4.78, 5) is 0. The number of unbranched alkanes of at least 4 members (excludes halogenated alkanes) is 1. The molecule has 0 aliphatic heterocycles. The Hall–Kier alpha value is -0.520. The fourth-order valence-corrected chi connectivity index (χ4v) is 0.870. The van der Waals surface area contributed by atoms with Gasteiger partial charge in [-0.25, -0.2) is 0 Å². The Labute approximate surface area is 82.1 Å². The highest BCUT2D eigenvalue weighted by Crippen LogP contribution is 2.04. The molecule has 1 N–H and O–H groups in total. The van der Waals surface area contributed by atoms with E-state index in [0.29, 0.717) is 0 Å². The smallest absolute Gasteiger partial charge is 0.0599 e. The number of hydrogen-bond acceptors (Lipinski definition) is 2. The molecule has 13 heavy (non-hydrogen) atoms. The first-order chi connectivity index (χ1) is 6.06. The van der Waals surface area contributed by atoms with Crippen LogP contribution in [0.25, 0.3) is 0 Å². The summed E-state index contributed by atoms with van der Waals surface area (Å²) in [6.45, 7) is 8.83. The summed E-state index contributed by atoms with van der Waals surface area (Å²) < 4.78 is 5.53. The number of nitrogens with one attached hydrogen (secondary N) is 1. The van der Waals surface area contributed by atoms with Crippen molar-refractivity contribution in [1.29, 1.82) is 0 Å². The van der Waals surface area contributed by atoms with Crippen molar-refractivity contribution in [2.45, 2.75) is 39.2 Å². The molecule has 0 amide bonds. The van der Waals surface area contributed by atoms with Crippen LogP contribution in [0.2, 0.25) is 0 Å². The topological polar surface area (TPSA) is 21.3 Å². The normalized spacial score (nSPS) is 11.2. The molecule has 0 aliphatic carbocycles. The van der Waals surface area contributed by atoms with E-state index in [9.17, 15) is 0 Å². The summed E-state index contributed by atoms with van der Waals surface area (Å²) in [5, 5.41) is 3.27. The first kappa shape index (κ1) is 12.5. The lowest BCUT2D eigenvalue weighted by molar-refractivity contribution is -0.000739. The summed E-state index contributed by atoms with van der Waals surface area (Å²) in [6, 6.07) is 0. The first-order valence-corrected chi connectivity index (χ1v) is 4.84. The van der Waals surface area contributed by atoms with Crippen molar-refractivity contribution in [3.8, 4) is 12.3 Å². The van der Waals surface area contributed by atoms with Gasteiger partial charge in [0.1, 0.15) is 0 Å². The van der Waals surface area contributed by atoms with Crippen molar-refractivity contribution in [2.24, 2.45) is 0 Å². The van der Waals surface area contributed by atoms with Crippen LogP contribution in [-0.2, 0) is 4.74 Å². The van der Waals surface area contributed by atoms with E-state index in [1.54, 1.807) is 0 Å². The van der Waals surface area contributed by atoms with Gasteiger partial charge in [-0.1, -0.05) is 0 Å². The maximum atomic E-state index is 5.53. The van der Waals surface area contributed by atoms with Crippen LogP contribution in [0.4, 0.5) is 0 Å². The van der Waals surface area contributed by atoms with Crippen LogP contribution in [0.3, 0.4) is 0 Å². The van der Waals surface area contributed by atoms with Gasteiger partial charge in [0.15, 0.2) is 0 Å². The molecule has 0 atom stereocenters. The van der Waals surface area contributed by atoms with Crippen molar-refractivity contribution in [2.75, 3.05) is 19.7 Å². The second-order valence-corrected chi connectivity index (χ2v) is 4.02. The van der Waals surface area contributed by atoms with Crippen LogP contribution in [0.5, 0.6) is 0 Å². The zero-order valence-electron chi connectivity index (χ0n) is 9.02. The van der Waals surface area contributed by atoms with Crippen molar-refractivity contribution < 1.29 is 4.74 Å². The highest BCUT2D eigenvalue weighted by Gasteiger charge is 2.08. The summed E-state index contributed by atoms with van der Waals surface area (Å²) >= 11 is 0. The lowest BCUT2D eigenvalue weighted by Crippen LogP contribution is -2.27. The molecule has 0 fully saturated rings. The molecule has 0 aromatic rings. The maximum absolute atomic E-state index is 5.53. The van der Waals surface area contributed by atoms with E-state index < -0.39 is 0 Å². The molecule has 0 saturated carbocycles. The van der Waals surface area contributed by atoms with Gasteiger partial charge in [-0.15, -0.1) is 12.3 Å². The molecule has 0 unspecified atom stereocenters. The molecule has 0 saturated heterocycles. The minimum absolute atomic E-state index is 0.0273. The number of hydrogen-bond donors (Lipinski definition) is 1. The predicted molar refractivity (Wildman–Crippen MR) is 56.6 cm³/mol. The molecule has 0 aliphatic rings. The summed E-state index contributed by atoms with van der Waals surface area (Å²) in [5.74, 6) is 2.61. The standard InChI is InChI=1S/C11H21NO/c1-5-6-7-8-12-9-10-13-11(2,3)4/h1,12H,6-10H2,2-4H3. The van der Waals surface area contributed by atoms with Gasteiger partial charge in [0.25, 0.3) is 0 Å². The van der Waals surface area contributed by atoms with Gasteiger partial charge in [0.2, 0.25) is 0 Å². The highest BCUT2D eigenvalue weighted by molar-refractivity contribution is 4.83. The lowest BCUT2D eigenvalue weighted by atomic mass is 10.2. The van der Waals surface area contributed by atoms with Gasteiger partial charge in [0.05, 0.1) is 12.2 Å². The minimum atomic E-state index is -0.0273. The van der Waals surface area contributed by atoms with Crippen LogP contribution < -0.4 is 5.32 Å². The van der Waals surface area contributed by atoms with E-state index in [1.165, 1.54) is 0 Å². The zero-order chi connectivity index (χ0) is 10.2. The molecular formula is C11H21NO.